The maximum absolute atomic E-state index is 12.9. The van der Waals surface area contributed by atoms with Gasteiger partial charge in [0, 0.05) is 11.6 Å². The van der Waals surface area contributed by atoms with Gasteiger partial charge in [-0.3, -0.25) is 9.36 Å². The van der Waals surface area contributed by atoms with Crippen LogP contribution in [-0.4, -0.2) is 26.4 Å². The van der Waals surface area contributed by atoms with Crippen LogP contribution in [0.3, 0.4) is 0 Å². The Morgan fingerprint density at radius 3 is 2.73 bits per heavy atom. The average Bonchev–Trinajstić information content (AvgIpc) is 3.15. The molecule has 0 unspecified atom stereocenters. The highest BCUT2D eigenvalue weighted by atomic mass is 35.5. The van der Waals surface area contributed by atoms with Gasteiger partial charge in [-0.25, -0.2) is 0 Å². The predicted molar refractivity (Wildman–Crippen MR) is 122 cm³/mol. The smallest absolute Gasteiger partial charge is 0.416 e. The van der Waals surface area contributed by atoms with E-state index in [0.29, 0.717) is 33.3 Å². The van der Waals surface area contributed by atoms with E-state index in [4.69, 9.17) is 27.9 Å². The number of carbonyl (C=O) groups excluding carboxylic acids is 1. The number of anilines is 1. The Bertz CT molecular complexity index is 1150. The zero-order chi connectivity index (χ0) is 24.0. The second kappa shape index (κ2) is 11.0. The molecule has 2 aromatic carbocycles. The van der Waals surface area contributed by atoms with Crippen molar-refractivity contribution in [2.24, 2.45) is 0 Å². The van der Waals surface area contributed by atoms with E-state index in [1.54, 1.807) is 22.8 Å². The molecule has 3 rings (SSSR count). The second-order valence-electron chi connectivity index (χ2n) is 6.57. The summed E-state index contributed by atoms with van der Waals surface area (Å²) in [5.74, 6) is 0.0872. The Morgan fingerprint density at radius 2 is 2.00 bits per heavy atom. The summed E-state index contributed by atoms with van der Waals surface area (Å²) in [6.07, 6.45) is -2.87. The van der Waals surface area contributed by atoms with Gasteiger partial charge in [-0.2, -0.15) is 13.2 Å². The van der Waals surface area contributed by atoms with Crippen molar-refractivity contribution >= 4 is 46.6 Å². The van der Waals surface area contributed by atoms with Gasteiger partial charge in [-0.05, 0) is 36.4 Å². The molecule has 1 N–H and O–H groups in total. The lowest BCUT2D eigenvalue weighted by Crippen LogP contribution is -2.15. The van der Waals surface area contributed by atoms with Crippen LogP contribution >= 0.6 is 35.0 Å². The Hall–Kier alpha value is -2.69. The second-order valence-corrected chi connectivity index (χ2v) is 8.36. The number of halogens is 5. The zero-order valence-electron chi connectivity index (χ0n) is 16.9. The van der Waals surface area contributed by atoms with Crippen LogP contribution in [0.2, 0.25) is 10.0 Å². The third-order valence-electron chi connectivity index (χ3n) is 4.17. The number of alkyl halides is 3. The number of hydrogen-bond donors (Lipinski definition) is 1. The summed E-state index contributed by atoms with van der Waals surface area (Å²) in [6, 6.07) is 9.27. The summed E-state index contributed by atoms with van der Waals surface area (Å²) in [7, 11) is 0. The Balaban J connectivity index is 1.65. The number of rotatable bonds is 9. The van der Waals surface area contributed by atoms with Crippen LogP contribution in [0.5, 0.6) is 5.75 Å². The first-order valence-corrected chi connectivity index (χ1v) is 11.1. The van der Waals surface area contributed by atoms with E-state index in [2.05, 4.69) is 22.1 Å². The molecule has 3 aromatic rings. The van der Waals surface area contributed by atoms with Crippen molar-refractivity contribution in [1.29, 1.82) is 0 Å². The van der Waals surface area contributed by atoms with Crippen LogP contribution in [-0.2, 0) is 24.1 Å². The summed E-state index contributed by atoms with van der Waals surface area (Å²) in [4.78, 5) is 12.3. The molecule has 1 amide bonds. The highest BCUT2D eigenvalue weighted by molar-refractivity contribution is 7.99. The van der Waals surface area contributed by atoms with Crippen molar-refractivity contribution in [1.82, 2.24) is 14.8 Å². The fourth-order valence-corrected chi connectivity index (χ4v) is 3.77. The van der Waals surface area contributed by atoms with E-state index < -0.39 is 11.7 Å². The molecule has 174 valence electrons. The molecular weight excluding hydrogens is 500 g/mol. The molecule has 0 saturated heterocycles. The van der Waals surface area contributed by atoms with E-state index in [-0.39, 0.29) is 24.0 Å². The SMILES string of the molecule is C=CCn1c(COc2cccc(C(F)(F)F)c2)nnc1SCC(=O)Nc1cc(Cl)ccc1Cl. The number of amides is 1. The quantitative estimate of drug-likeness (QED) is 0.275. The number of carbonyl (C=O) groups is 1. The molecule has 12 heteroatoms. The molecule has 0 fully saturated rings. The summed E-state index contributed by atoms with van der Waals surface area (Å²) < 4.78 is 45.8. The third kappa shape index (κ3) is 6.89. The minimum atomic E-state index is -4.47. The minimum absolute atomic E-state index is 0.00655. The monoisotopic (exact) mass is 516 g/mol. The largest absolute Gasteiger partial charge is 0.486 e. The fourth-order valence-electron chi connectivity index (χ4n) is 2.66. The number of thioether (sulfide) groups is 1. The van der Waals surface area contributed by atoms with Gasteiger partial charge in [0.2, 0.25) is 5.91 Å². The molecule has 0 aliphatic heterocycles. The minimum Gasteiger partial charge on any atom is -0.486 e. The molecule has 0 atom stereocenters. The third-order valence-corrected chi connectivity index (χ3v) is 5.70. The average molecular weight is 517 g/mol. The number of benzene rings is 2. The highest BCUT2D eigenvalue weighted by Crippen LogP contribution is 2.31. The molecule has 0 spiro atoms. The first-order valence-electron chi connectivity index (χ1n) is 9.38. The van der Waals surface area contributed by atoms with Crippen LogP contribution in [0.15, 0.2) is 60.3 Å². The van der Waals surface area contributed by atoms with Crippen molar-refractivity contribution in [3.05, 3.63) is 76.6 Å². The molecule has 6 nitrogen and oxygen atoms in total. The lowest BCUT2D eigenvalue weighted by molar-refractivity contribution is -0.137. The topological polar surface area (TPSA) is 69.0 Å². The number of aromatic nitrogens is 3. The number of nitrogens with zero attached hydrogens (tertiary/aromatic N) is 3. The summed E-state index contributed by atoms with van der Waals surface area (Å²) >= 11 is 13.1. The fraction of sp³-hybridized carbons (Fsp3) is 0.190. The lowest BCUT2D eigenvalue weighted by atomic mass is 10.2. The molecule has 1 aromatic heterocycles. The predicted octanol–water partition coefficient (Wildman–Crippen LogP) is 6.10. The number of allylic oxidation sites excluding steroid dienone is 1. The maximum atomic E-state index is 12.9. The van der Waals surface area contributed by atoms with Gasteiger partial charge in [-0.1, -0.05) is 47.1 Å². The number of nitrogens with one attached hydrogen (secondary N) is 1. The van der Waals surface area contributed by atoms with Crippen molar-refractivity contribution < 1.29 is 22.7 Å². The molecule has 0 aliphatic rings. The first kappa shape index (κ1) is 24.9. The van der Waals surface area contributed by atoms with Crippen molar-refractivity contribution in [3.63, 3.8) is 0 Å². The van der Waals surface area contributed by atoms with Crippen LogP contribution < -0.4 is 10.1 Å². The summed E-state index contributed by atoms with van der Waals surface area (Å²) in [6.45, 7) is 3.89. The van der Waals surface area contributed by atoms with Gasteiger partial charge in [-0.15, -0.1) is 16.8 Å². The van der Waals surface area contributed by atoms with Gasteiger partial charge in [0.15, 0.2) is 11.0 Å². The number of hydrogen-bond acceptors (Lipinski definition) is 5. The zero-order valence-corrected chi connectivity index (χ0v) is 19.2. The molecule has 33 heavy (non-hydrogen) atoms. The maximum Gasteiger partial charge on any atom is 0.416 e. The van der Waals surface area contributed by atoms with Gasteiger partial charge in [0.1, 0.15) is 12.4 Å². The van der Waals surface area contributed by atoms with Crippen molar-refractivity contribution in [2.45, 2.75) is 24.5 Å². The lowest BCUT2D eigenvalue weighted by Gasteiger charge is -2.11. The van der Waals surface area contributed by atoms with Crippen LogP contribution in [0.1, 0.15) is 11.4 Å². The molecule has 0 radical (unpaired) electrons. The Labute approximate surface area is 201 Å². The van der Waals surface area contributed by atoms with Gasteiger partial charge in [0.05, 0.1) is 22.0 Å². The molecule has 0 aliphatic carbocycles. The van der Waals surface area contributed by atoms with Gasteiger partial charge in [0.25, 0.3) is 0 Å². The van der Waals surface area contributed by atoms with E-state index >= 15 is 0 Å². The Kier molecular flexibility index (Phi) is 8.28. The van der Waals surface area contributed by atoms with E-state index in [1.807, 2.05) is 0 Å². The van der Waals surface area contributed by atoms with E-state index in [0.717, 1.165) is 23.9 Å². The normalized spacial score (nSPS) is 11.3. The number of ether oxygens (including phenoxy) is 1. The van der Waals surface area contributed by atoms with Gasteiger partial charge >= 0.3 is 6.18 Å². The van der Waals surface area contributed by atoms with E-state index in [9.17, 15) is 18.0 Å². The molecule has 0 bridgehead atoms. The summed E-state index contributed by atoms with van der Waals surface area (Å²) in [5, 5.41) is 12.0. The van der Waals surface area contributed by atoms with E-state index in [1.165, 1.54) is 18.2 Å². The highest BCUT2D eigenvalue weighted by Gasteiger charge is 2.30. The Morgan fingerprint density at radius 1 is 1.21 bits per heavy atom. The van der Waals surface area contributed by atoms with Crippen LogP contribution in [0.25, 0.3) is 0 Å². The first-order chi connectivity index (χ1) is 15.7. The van der Waals surface area contributed by atoms with Crippen LogP contribution in [0.4, 0.5) is 18.9 Å². The molecular formula is C21H17Cl2F3N4O2S. The van der Waals surface area contributed by atoms with Crippen LogP contribution in [0, 0.1) is 0 Å². The van der Waals surface area contributed by atoms with Crippen molar-refractivity contribution in [2.75, 3.05) is 11.1 Å². The van der Waals surface area contributed by atoms with Gasteiger partial charge < -0.3 is 10.1 Å². The summed E-state index contributed by atoms with van der Waals surface area (Å²) in [5.41, 5.74) is -0.424. The molecule has 0 saturated carbocycles. The molecule has 1 heterocycles. The van der Waals surface area contributed by atoms with Crippen molar-refractivity contribution in [3.8, 4) is 5.75 Å². The standard InChI is InChI=1S/C21H17Cl2F3N4O2S/c1-2-8-30-18(11-32-15-5-3-4-13(9-15)21(24,25)26)28-29-20(30)33-12-19(31)27-17-10-14(22)6-7-16(17)23/h2-7,9-10H,1,8,11-12H2,(H,27,31).